The Morgan fingerprint density at radius 3 is 2.44 bits per heavy atom. The molecule has 2 heterocycles. The van der Waals surface area contributed by atoms with Gasteiger partial charge in [-0.15, -0.1) is 0 Å². The van der Waals surface area contributed by atoms with E-state index in [1.165, 1.54) is 0 Å². The van der Waals surface area contributed by atoms with Gasteiger partial charge in [0.1, 0.15) is 11.8 Å². The average Bonchev–Trinajstić information content (AvgIpc) is 2.74. The molecule has 0 aliphatic carbocycles. The van der Waals surface area contributed by atoms with E-state index < -0.39 is 8.07 Å². The van der Waals surface area contributed by atoms with Crippen LogP contribution < -0.4 is 4.74 Å². The van der Waals surface area contributed by atoms with E-state index >= 15 is 0 Å². The molecule has 0 saturated heterocycles. The van der Waals surface area contributed by atoms with Crippen molar-refractivity contribution < 1.29 is 9.47 Å². The fourth-order valence-corrected chi connectivity index (χ4v) is 5.05. The van der Waals surface area contributed by atoms with Gasteiger partial charge in [0.2, 0.25) is 0 Å². The number of hydrogen-bond acceptors (Lipinski definition) is 5. The standard InChI is InChI=1S/C27H34ClN3O2Si/c1-17-11-21(27(3,4)5)22(28)12-20(17)25-18(2)26(33-16-32-9-10-34(6,7)8)24-19(13-29)14-30-15-23(24)31-25/h11-12,14-15H,9-10,16H2,1-8H3. The Hall–Kier alpha value is -2.46. The quantitative estimate of drug-likeness (QED) is 0.193. The molecule has 0 aliphatic rings. The number of aromatic nitrogens is 2. The van der Waals surface area contributed by atoms with Crippen LogP contribution >= 0.6 is 11.6 Å². The van der Waals surface area contributed by atoms with Crippen molar-refractivity contribution >= 4 is 30.6 Å². The molecule has 1 aromatic carbocycles. The maximum atomic E-state index is 9.71. The lowest BCUT2D eigenvalue weighted by molar-refractivity contribution is 0.0226. The Labute approximate surface area is 209 Å². The first-order valence-electron chi connectivity index (χ1n) is 11.5. The van der Waals surface area contributed by atoms with Crippen LogP contribution in [0.1, 0.15) is 43.0 Å². The second-order valence-electron chi connectivity index (χ2n) is 11.0. The molecule has 0 aliphatic heterocycles. The van der Waals surface area contributed by atoms with Crippen molar-refractivity contribution in [3.63, 3.8) is 0 Å². The maximum Gasteiger partial charge on any atom is 0.189 e. The third kappa shape index (κ3) is 5.78. The summed E-state index contributed by atoms with van der Waals surface area (Å²) in [7, 11) is -1.19. The smallest absolute Gasteiger partial charge is 0.189 e. The van der Waals surface area contributed by atoms with E-state index in [0.29, 0.717) is 33.8 Å². The summed E-state index contributed by atoms with van der Waals surface area (Å²) in [5.41, 5.74) is 5.67. The first-order valence-corrected chi connectivity index (χ1v) is 15.6. The third-order valence-electron chi connectivity index (χ3n) is 5.86. The van der Waals surface area contributed by atoms with Crippen molar-refractivity contribution in [1.82, 2.24) is 9.97 Å². The van der Waals surface area contributed by atoms with Crippen molar-refractivity contribution in [2.24, 2.45) is 0 Å². The Balaban J connectivity index is 2.10. The van der Waals surface area contributed by atoms with Crippen molar-refractivity contribution in [2.45, 2.75) is 65.7 Å². The largest absolute Gasteiger partial charge is 0.466 e. The molecular formula is C27H34ClN3O2Si. The highest BCUT2D eigenvalue weighted by molar-refractivity contribution is 6.76. The number of ether oxygens (including phenoxy) is 2. The molecule has 3 aromatic rings. The summed E-state index contributed by atoms with van der Waals surface area (Å²) in [6, 6.07) is 7.39. The normalized spacial score (nSPS) is 12.1. The van der Waals surface area contributed by atoms with E-state index in [2.05, 4.69) is 64.5 Å². The van der Waals surface area contributed by atoms with E-state index in [9.17, 15) is 5.26 Å². The van der Waals surface area contributed by atoms with Gasteiger partial charge >= 0.3 is 0 Å². The van der Waals surface area contributed by atoms with E-state index in [1.54, 1.807) is 12.4 Å². The Bertz CT molecular complexity index is 1250. The molecule has 0 radical (unpaired) electrons. The fourth-order valence-electron chi connectivity index (χ4n) is 3.85. The summed E-state index contributed by atoms with van der Waals surface area (Å²) in [5, 5.41) is 11.1. The molecular weight excluding hydrogens is 462 g/mol. The van der Waals surface area contributed by atoms with Crippen LogP contribution in [0.4, 0.5) is 0 Å². The van der Waals surface area contributed by atoms with E-state index in [1.807, 2.05) is 13.0 Å². The number of hydrogen-bond donors (Lipinski definition) is 0. The van der Waals surface area contributed by atoms with Gasteiger partial charge in [-0.1, -0.05) is 58.1 Å². The van der Waals surface area contributed by atoms with E-state index in [0.717, 1.165) is 34.0 Å². The summed E-state index contributed by atoms with van der Waals surface area (Å²) < 4.78 is 12.0. The highest BCUT2D eigenvalue weighted by Crippen LogP contribution is 2.40. The molecule has 0 spiro atoms. The number of halogens is 1. The molecule has 7 heteroatoms. The molecule has 0 N–H and O–H groups in total. The lowest BCUT2D eigenvalue weighted by Gasteiger charge is -2.23. The Morgan fingerprint density at radius 2 is 1.82 bits per heavy atom. The van der Waals surface area contributed by atoms with Gasteiger partial charge in [0, 0.05) is 37.0 Å². The van der Waals surface area contributed by atoms with Crippen LogP contribution in [-0.4, -0.2) is 31.4 Å². The molecule has 3 rings (SSSR count). The summed E-state index contributed by atoms with van der Waals surface area (Å²) in [4.78, 5) is 9.12. The van der Waals surface area contributed by atoms with Crippen LogP contribution in [0.3, 0.4) is 0 Å². The number of aryl methyl sites for hydroxylation is 1. The minimum atomic E-state index is -1.19. The average molecular weight is 496 g/mol. The SMILES string of the molecule is Cc1cc(C(C)(C)C)c(Cl)cc1-c1nc2cncc(C#N)c2c(OCOCC[Si](C)(C)C)c1C. The lowest BCUT2D eigenvalue weighted by atomic mass is 9.84. The van der Waals surface area contributed by atoms with Gasteiger partial charge in [-0.05, 0) is 42.5 Å². The van der Waals surface area contributed by atoms with Gasteiger partial charge in [0.15, 0.2) is 6.79 Å². The van der Waals surface area contributed by atoms with Gasteiger partial charge in [-0.3, -0.25) is 4.98 Å². The number of pyridine rings is 2. The Kier molecular flexibility index (Phi) is 7.71. The third-order valence-corrected chi connectivity index (χ3v) is 7.88. The van der Waals surface area contributed by atoms with Crippen molar-refractivity contribution in [1.29, 1.82) is 5.26 Å². The predicted molar refractivity (Wildman–Crippen MR) is 142 cm³/mol. The topological polar surface area (TPSA) is 68.0 Å². The lowest BCUT2D eigenvalue weighted by Crippen LogP contribution is -2.22. The molecule has 0 fully saturated rings. The zero-order chi connectivity index (χ0) is 25.3. The molecule has 0 unspecified atom stereocenters. The minimum absolute atomic E-state index is 0.0701. The first-order chi connectivity index (χ1) is 15.8. The molecule has 0 atom stereocenters. The second kappa shape index (κ2) is 10.0. The van der Waals surface area contributed by atoms with Crippen LogP contribution in [-0.2, 0) is 10.2 Å². The van der Waals surface area contributed by atoms with Crippen molar-refractivity contribution in [3.05, 3.63) is 51.8 Å². The number of nitrogens with zero attached hydrogens (tertiary/aromatic N) is 3. The van der Waals surface area contributed by atoms with Crippen molar-refractivity contribution in [3.8, 4) is 23.1 Å². The molecule has 2 aromatic heterocycles. The number of fused-ring (bicyclic) bond motifs is 1. The second-order valence-corrected chi connectivity index (χ2v) is 17.0. The van der Waals surface area contributed by atoms with Crippen LogP contribution in [0.2, 0.25) is 30.7 Å². The van der Waals surface area contributed by atoms with Gasteiger partial charge < -0.3 is 9.47 Å². The number of nitriles is 1. The molecule has 5 nitrogen and oxygen atoms in total. The molecule has 34 heavy (non-hydrogen) atoms. The van der Waals surface area contributed by atoms with Crippen LogP contribution in [0.15, 0.2) is 24.5 Å². The van der Waals surface area contributed by atoms with Crippen LogP contribution in [0.25, 0.3) is 22.2 Å². The maximum absolute atomic E-state index is 9.71. The van der Waals surface area contributed by atoms with Gasteiger partial charge in [-0.25, -0.2) is 4.98 Å². The van der Waals surface area contributed by atoms with Gasteiger partial charge in [-0.2, -0.15) is 5.26 Å². The molecule has 0 amide bonds. The summed E-state index contributed by atoms with van der Waals surface area (Å²) in [5.74, 6) is 0.599. The summed E-state index contributed by atoms with van der Waals surface area (Å²) in [6.07, 6.45) is 3.21. The minimum Gasteiger partial charge on any atom is -0.466 e. The molecule has 180 valence electrons. The molecule has 0 bridgehead atoms. The monoisotopic (exact) mass is 495 g/mol. The van der Waals surface area contributed by atoms with E-state index in [-0.39, 0.29) is 12.2 Å². The fraction of sp³-hybridized carbons (Fsp3) is 0.444. The zero-order valence-electron chi connectivity index (χ0n) is 21.5. The number of benzene rings is 1. The first kappa shape index (κ1) is 26.1. The highest BCUT2D eigenvalue weighted by Gasteiger charge is 2.23. The molecule has 0 saturated carbocycles. The predicted octanol–water partition coefficient (Wildman–Crippen LogP) is 7.43. The van der Waals surface area contributed by atoms with Crippen molar-refractivity contribution in [2.75, 3.05) is 13.4 Å². The summed E-state index contributed by atoms with van der Waals surface area (Å²) >= 11 is 6.72. The summed E-state index contributed by atoms with van der Waals surface area (Å²) in [6.45, 7) is 18.2. The van der Waals surface area contributed by atoms with E-state index in [4.69, 9.17) is 26.1 Å². The highest BCUT2D eigenvalue weighted by atomic mass is 35.5. The van der Waals surface area contributed by atoms with Gasteiger partial charge in [0.05, 0.1) is 28.4 Å². The van der Waals surface area contributed by atoms with Crippen LogP contribution in [0, 0.1) is 25.2 Å². The number of rotatable bonds is 7. The zero-order valence-corrected chi connectivity index (χ0v) is 23.2. The van der Waals surface area contributed by atoms with Crippen LogP contribution in [0.5, 0.6) is 5.75 Å². The van der Waals surface area contributed by atoms with Gasteiger partial charge in [0.25, 0.3) is 0 Å². The Morgan fingerprint density at radius 1 is 1.12 bits per heavy atom.